The first-order valence-electron chi connectivity index (χ1n) is 27.9. The topological polar surface area (TPSA) is 413 Å². The van der Waals surface area contributed by atoms with Crippen LogP contribution in [0.25, 0.3) is 0 Å². The highest BCUT2D eigenvalue weighted by Gasteiger charge is 2.38. The largest absolute Gasteiger partial charge is 0.393 e. The van der Waals surface area contributed by atoms with Gasteiger partial charge in [0.05, 0.1) is 48.2 Å². The molecule has 2 aliphatic rings. The number of ketones is 4. The summed E-state index contributed by atoms with van der Waals surface area (Å²) >= 11 is 0. The molecule has 18 N–H and O–H groups in total. The summed E-state index contributed by atoms with van der Waals surface area (Å²) in [4.78, 5) is 141. The Morgan fingerprint density at radius 3 is 1.74 bits per heavy atom. The molecule has 1 aliphatic heterocycles. The summed E-state index contributed by atoms with van der Waals surface area (Å²) in [5.74, 6) is -12.3. The van der Waals surface area contributed by atoms with Crippen LogP contribution >= 0.6 is 0 Å². The van der Waals surface area contributed by atoms with E-state index in [1.807, 2.05) is 13.8 Å². The third kappa shape index (κ3) is 21.9. The van der Waals surface area contributed by atoms with E-state index >= 15 is 0 Å². The Morgan fingerprint density at radius 1 is 0.641 bits per heavy atom. The van der Waals surface area contributed by atoms with Crippen molar-refractivity contribution in [2.75, 3.05) is 32.7 Å². The maximum Gasteiger partial charge on any atom is 0.243 e. The molecule has 1 saturated carbocycles. The normalized spacial score (nSPS) is 25.3. The Bertz CT molecular complexity index is 2140. The van der Waals surface area contributed by atoms with Crippen LogP contribution in [-0.4, -0.2) is 150 Å². The van der Waals surface area contributed by atoms with Gasteiger partial charge in [0.1, 0.15) is 12.1 Å². The number of amides is 6. The molecule has 1 aromatic rings. The molecule has 1 aliphatic carbocycles. The van der Waals surface area contributed by atoms with Crippen LogP contribution < -0.4 is 60.6 Å². The number of carbonyl (C=O) groups excluding carboxylic acids is 10. The predicted molar refractivity (Wildman–Crippen MR) is 292 cm³/mol. The summed E-state index contributed by atoms with van der Waals surface area (Å²) in [7, 11) is 0. The van der Waals surface area contributed by atoms with Crippen molar-refractivity contribution in [3.63, 3.8) is 0 Å². The summed E-state index contributed by atoms with van der Waals surface area (Å²) in [5, 5.41) is 37.7. The van der Waals surface area contributed by atoms with E-state index < -0.39 is 150 Å². The van der Waals surface area contributed by atoms with Gasteiger partial charge in [-0.2, -0.15) is 0 Å². The summed E-state index contributed by atoms with van der Waals surface area (Å²) in [6.07, 6.45) is -0.766. The Balaban J connectivity index is 2.09. The van der Waals surface area contributed by atoms with Gasteiger partial charge in [0.15, 0.2) is 23.1 Å². The fourth-order valence-corrected chi connectivity index (χ4v) is 10.2. The number of benzene rings is 1. The molecule has 0 radical (unpaired) electrons. The molecule has 23 nitrogen and oxygen atoms in total. The van der Waals surface area contributed by atoms with Crippen LogP contribution in [0, 0.1) is 35.5 Å². The number of aliphatic hydroxyl groups is 2. The minimum atomic E-state index is -1.41. The molecule has 1 heterocycles. The maximum atomic E-state index is 14.6. The van der Waals surface area contributed by atoms with Crippen molar-refractivity contribution >= 4 is 58.6 Å². The second kappa shape index (κ2) is 34.4. The van der Waals surface area contributed by atoms with Gasteiger partial charge in [-0.15, -0.1) is 0 Å². The second-order valence-electron chi connectivity index (χ2n) is 21.7. The van der Waals surface area contributed by atoms with Crippen LogP contribution in [0.4, 0.5) is 0 Å². The van der Waals surface area contributed by atoms with Crippen LogP contribution in [0.3, 0.4) is 0 Å². The van der Waals surface area contributed by atoms with Gasteiger partial charge in [-0.3, -0.25) is 47.9 Å². The number of rotatable bonds is 23. The molecule has 23 heteroatoms. The zero-order valence-corrected chi connectivity index (χ0v) is 46.2. The minimum absolute atomic E-state index is 0.0302. The lowest BCUT2D eigenvalue weighted by atomic mass is 9.80. The van der Waals surface area contributed by atoms with E-state index in [0.29, 0.717) is 5.56 Å². The van der Waals surface area contributed by atoms with Gasteiger partial charge in [0.2, 0.25) is 35.4 Å². The molecule has 1 aromatic carbocycles. The zero-order valence-electron chi connectivity index (χ0n) is 46.2. The van der Waals surface area contributed by atoms with E-state index in [9.17, 15) is 58.2 Å². The molecule has 1 saturated heterocycles. The molecule has 3 rings (SSSR count). The average molecular weight is 1100 g/mol. The first-order chi connectivity index (χ1) is 37.0. The molecule has 6 amide bonds. The number of hydrogen-bond acceptors (Lipinski definition) is 17. The number of Topliss-reactive ketones (excluding diaryl/α,β-unsaturated/α-hetero) is 4. The Kier molecular flexibility index (Phi) is 29.5. The quantitative estimate of drug-likeness (QED) is 0.0598. The van der Waals surface area contributed by atoms with Crippen LogP contribution in [0.2, 0.25) is 0 Å². The molecule has 0 aromatic heterocycles. The van der Waals surface area contributed by atoms with Crippen molar-refractivity contribution in [2.45, 2.75) is 179 Å². The molecule has 0 bridgehead atoms. The van der Waals surface area contributed by atoms with E-state index in [1.54, 1.807) is 30.3 Å². The van der Waals surface area contributed by atoms with Gasteiger partial charge in [0, 0.05) is 44.1 Å². The molecule has 0 spiro atoms. The molecular formula is C55H91N11O12. The lowest BCUT2D eigenvalue weighted by Gasteiger charge is -2.29. The summed E-state index contributed by atoms with van der Waals surface area (Å²) in [5.41, 5.74) is 30.7. The fraction of sp³-hybridized carbons (Fsp3) is 0.709. The SMILES string of the molecule is CC(C)C[C@@H]1NC(=O)[C@@H](Cc2ccccc2)CC(=O)[C@H](CCN)NC(=O)[C@@H](CC(=O)[C@H](CCN)NC(=O)[C@@H](CC(=O)[C@@H](N)C2CCCCC2)C(C)O)CCNC(=O)[C@H](C(C)O)CC(=O)[C@H](CCN)NC(=O)[C@H](CCN)NC1=O. The van der Waals surface area contributed by atoms with Gasteiger partial charge < -0.3 is 70.8 Å². The van der Waals surface area contributed by atoms with Crippen molar-refractivity contribution in [3.8, 4) is 0 Å². The van der Waals surface area contributed by atoms with Crippen molar-refractivity contribution in [1.82, 2.24) is 31.9 Å². The standard InChI is InChI=1S/C55H91N11O12/c1-31(2)25-44-55(78)65-43(18-23-59)54(77)64-42(17-22-58)47(71)29-38(32(3)67)52(75)61-24-19-36(50(73)62-40(15-20-56)46(70)28-37(51(74)66-44)26-34-11-7-5-8-12-34)27-45(69)41(16-21-57)63-53(76)39(33(4)68)30-48(72)49(60)35-13-9-6-10-14-35/h5,7-8,11-12,31-33,35-44,49,67-68H,6,9-10,13-30,56-60H2,1-4H3,(H,61,75)(H,62,73)(H,63,76)(H,64,77)(H,65,78)(H,66,74)/t32?,33?,36-,37+,38+,39+,40+,41+,42+,43+,44+,49+/m1/s1. The van der Waals surface area contributed by atoms with E-state index in [1.165, 1.54) is 13.8 Å². The van der Waals surface area contributed by atoms with E-state index in [2.05, 4.69) is 31.9 Å². The van der Waals surface area contributed by atoms with Crippen molar-refractivity contribution in [2.24, 2.45) is 64.2 Å². The minimum Gasteiger partial charge on any atom is -0.393 e. The summed E-state index contributed by atoms with van der Waals surface area (Å²) in [6.45, 7) is 5.63. The van der Waals surface area contributed by atoms with Crippen molar-refractivity contribution in [1.29, 1.82) is 0 Å². The third-order valence-corrected chi connectivity index (χ3v) is 14.9. The van der Waals surface area contributed by atoms with Crippen LogP contribution in [0.15, 0.2) is 30.3 Å². The van der Waals surface area contributed by atoms with Gasteiger partial charge in [-0.25, -0.2) is 0 Å². The Labute approximate surface area is 459 Å². The molecular weight excluding hydrogens is 1010 g/mol. The number of aliphatic hydroxyl groups excluding tert-OH is 2. The van der Waals surface area contributed by atoms with Gasteiger partial charge in [0.25, 0.3) is 0 Å². The highest BCUT2D eigenvalue weighted by molar-refractivity contribution is 5.99. The van der Waals surface area contributed by atoms with E-state index in [4.69, 9.17) is 28.7 Å². The van der Waals surface area contributed by atoms with E-state index in [0.717, 1.165) is 32.1 Å². The predicted octanol–water partition coefficient (Wildman–Crippen LogP) is -1.41. The second-order valence-corrected chi connectivity index (χ2v) is 21.7. The van der Waals surface area contributed by atoms with Gasteiger partial charge in [-0.05, 0) is 115 Å². The number of nitrogens with two attached hydrogens (primary N) is 5. The first-order valence-corrected chi connectivity index (χ1v) is 27.9. The number of nitrogens with one attached hydrogen (secondary N) is 6. The lowest BCUT2D eigenvalue weighted by Crippen LogP contribution is -2.57. The van der Waals surface area contributed by atoms with Crippen LogP contribution in [-0.2, 0) is 54.4 Å². The van der Waals surface area contributed by atoms with Gasteiger partial charge in [-0.1, -0.05) is 63.4 Å². The summed E-state index contributed by atoms with van der Waals surface area (Å²) in [6, 6.07) is 1.60. The third-order valence-electron chi connectivity index (χ3n) is 14.9. The molecule has 2 fully saturated rings. The molecule has 438 valence electrons. The fourth-order valence-electron chi connectivity index (χ4n) is 10.2. The van der Waals surface area contributed by atoms with Crippen molar-refractivity contribution < 1.29 is 58.2 Å². The highest BCUT2D eigenvalue weighted by Crippen LogP contribution is 2.28. The van der Waals surface area contributed by atoms with E-state index in [-0.39, 0.29) is 95.9 Å². The highest BCUT2D eigenvalue weighted by atomic mass is 16.3. The number of carbonyl (C=O) groups is 10. The maximum absolute atomic E-state index is 14.6. The number of hydrogen-bond donors (Lipinski definition) is 13. The zero-order chi connectivity index (χ0) is 58.1. The van der Waals surface area contributed by atoms with Crippen LogP contribution in [0.1, 0.15) is 130 Å². The lowest BCUT2D eigenvalue weighted by molar-refractivity contribution is -0.137. The molecule has 78 heavy (non-hydrogen) atoms. The summed E-state index contributed by atoms with van der Waals surface area (Å²) < 4.78 is 0. The molecule has 2 unspecified atom stereocenters. The first kappa shape index (κ1) is 66.7. The van der Waals surface area contributed by atoms with Gasteiger partial charge >= 0.3 is 0 Å². The van der Waals surface area contributed by atoms with Crippen LogP contribution in [0.5, 0.6) is 0 Å². The smallest absolute Gasteiger partial charge is 0.243 e. The monoisotopic (exact) mass is 1100 g/mol. The average Bonchev–Trinajstić information content (AvgIpc) is 3.39. The Morgan fingerprint density at radius 2 is 1.18 bits per heavy atom. The molecule has 12 atom stereocenters. The van der Waals surface area contributed by atoms with Crippen molar-refractivity contribution in [3.05, 3.63) is 35.9 Å². The Hall–Kier alpha value is -5.56.